The summed E-state index contributed by atoms with van der Waals surface area (Å²) in [4.78, 5) is 34.4. The van der Waals surface area contributed by atoms with Gasteiger partial charge in [0.05, 0.1) is 59.2 Å². The van der Waals surface area contributed by atoms with E-state index in [1.165, 1.54) is 11.0 Å². The molecule has 12 heteroatoms. The number of aromatic nitrogens is 5. The number of aryl methyl sites for hydroxylation is 1. The Morgan fingerprint density at radius 3 is 2.65 bits per heavy atom. The predicted molar refractivity (Wildman–Crippen MR) is 134 cm³/mol. The zero-order chi connectivity index (χ0) is 26.1. The van der Waals surface area contributed by atoms with Crippen molar-refractivity contribution in [3.05, 3.63) is 59.1 Å². The van der Waals surface area contributed by atoms with Crippen LogP contribution in [-0.4, -0.2) is 60.1 Å². The van der Waals surface area contributed by atoms with Crippen LogP contribution in [0, 0.1) is 12.7 Å². The second kappa shape index (κ2) is 8.35. The van der Waals surface area contributed by atoms with E-state index in [1.807, 2.05) is 22.4 Å². The third-order valence-electron chi connectivity index (χ3n) is 6.58. The number of rotatable bonds is 4. The second-order valence-corrected chi connectivity index (χ2v) is 10.1. The number of ether oxygens (including phenoxy) is 1. The number of aliphatic hydroxyl groups is 1. The minimum absolute atomic E-state index is 0.103. The quantitative estimate of drug-likeness (QED) is 0.434. The van der Waals surface area contributed by atoms with Crippen molar-refractivity contribution in [3.63, 3.8) is 0 Å². The van der Waals surface area contributed by atoms with E-state index in [1.54, 1.807) is 32.4 Å². The highest BCUT2D eigenvalue weighted by Gasteiger charge is 2.38. The predicted octanol–water partition coefficient (Wildman–Crippen LogP) is 3.17. The van der Waals surface area contributed by atoms with Crippen molar-refractivity contribution in [1.29, 1.82) is 0 Å². The lowest BCUT2D eigenvalue weighted by Crippen LogP contribution is -2.60. The molecule has 1 amide bonds. The van der Waals surface area contributed by atoms with Crippen molar-refractivity contribution in [2.75, 3.05) is 22.9 Å². The third kappa shape index (κ3) is 4.04. The van der Waals surface area contributed by atoms with Crippen molar-refractivity contribution >= 4 is 34.8 Å². The van der Waals surface area contributed by atoms with E-state index < -0.39 is 17.5 Å². The number of carbonyl (C=O) groups is 1. The summed E-state index contributed by atoms with van der Waals surface area (Å²) in [5.41, 5.74) is 2.89. The SMILES string of the molecule is Cc1nc2cnc(-c3cnc(N4CC(C)(O)C4)nc3)cn2c1CN1C(=O)[C@@H](C)Oc2c(Cl)cc(F)cc21. The van der Waals surface area contributed by atoms with Crippen molar-refractivity contribution in [1.82, 2.24) is 24.3 Å². The number of fused-ring (bicyclic) bond motifs is 2. The molecule has 2 aliphatic rings. The summed E-state index contributed by atoms with van der Waals surface area (Å²) in [7, 11) is 0. The van der Waals surface area contributed by atoms with Gasteiger partial charge in [0.15, 0.2) is 17.5 Å². The van der Waals surface area contributed by atoms with Gasteiger partial charge in [0.2, 0.25) is 5.95 Å². The van der Waals surface area contributed by atoms with E-state index in [4.69, 9.17) is 16.3 Å². The summed E-state index contributed by atoms with van der Waals surface area (Å²) in [6.07, 6.45) is 6.03. The van der Waals surface area contributed by atoms with Crippen LogP contribution in [0.4, 0.5) is 16.0 Å². The Hall–Kier alpha value is -3.83. The van der Waals surface area contributed by atoms with E-state index >= 15 is 0 Å². The molecule has 37 heavy (non-hydrogen) atoms. The van der Waals surface area contributed by atoms with Gasteiger partial charge in [0, 0.05) is 30.2 Å². The molecule has 1 aromatic carbocycles. The molecule has 4 aromatic rings. The van der Waals surface area contributed by atoms with Gasteiger partial charge < -0.3 is 14.7 Å². The highest BCUT2D eigenvalue weighted by molar-refractivity contribution is 6.32. The zero-order valence-electron chi connectivity index (χ0n) is 20.3. The maximum Gasteiger partial charge on any atom is 0.268 e. The lowest BCUT2D eigenvalue weighted by Gasteiger charge is -2.44. The van der Waals surface area contributed by atoms with Crippen molar-refractivity contribution in [2.24, 2.45) is 0 Å². The van der Waals surface area contributed by atoms with Gasteiger partial charge in [-0.1, -0.05) is 11.6 Å². The molecule has 1 atom stereocenters. The number of hydrogen-bond donors (Lipinski definition) is 1. The molecule has 0 bridgehead atoms. The van der Waals surface area contributed by atoms with Crippen LogP contribution in [-0.2, 0) is 11.3 Å². The van der Waals surface area contributed by atoms with Gasteiger partial charge in [-0.15, -0.1) is 0 Å². The summed E-state index contributed by atoms with van der Waals surface area (Å²) in [5.74, 6) is -0.0666. The molecule has 5 heterocycles. The molecular formula is C25H23ClFN7O3. The number of nitrogens with zero attached hydrogens (tertiary/aromatic N) is 7. The highest BCUT2D eigenvalue weighted by atomic mass is 35.5. The van der Waals surface area contributed by atoms with Gasteiger partial charge in [-0.2, -0.15) is 0 Å². The Kier molecular flexibility index (Phi) is 5.32. The monoisotopic (exact) mass is 523 g/mol. The average Bonchev–Trinajstić information content (AvgIpc) is 3.15. The number of hydrogen-bond acceptors (Lipinski definition) is 8. The topological polar surface area (TPSA) is 109 Å². The number of carbonyl (C=O) groups excluding carboxylic acids is 1. The normalized spacial score (nSPS) is 18.5. The second-order valence-electron chi connectivity index (χ2n) is 9.69. The Balaban J connectivity index is 1.35. The van der Waals surface area contributed by atoms with Crippen LogP contribution < -0.4 is 14.5 Å². The molecule has 1 N–H and O–H groups in total. The fraction of sp³-hybridized carbons (Fsp3) is 0.320. The summed E-state index contributed by atoms with van der Waals surface area (Å²) in [6.45, 7) is 6.33. The Morgan fingerprint density at radius 1 is 1.22 bits per heavy atom. The maximum absolute atomic E-state index is 14.2. The van der Waals surface area contributed by atoms with E-state index in [2.05, 4.69) is 19.9 Å². The van der Waals surface area contributed by atoms with Crippen LogP contribution in [0.5, 0.6) is 5.75 Å². The Bertz CT molecular complexity index is 1550. The summed E-state index contributed by atoms with van der Waals surface area (Å²) < 4.78 is 21.7. The number of anilines is 2. The largest absolute Gasteiger partial charge is 0.477 e. The molecule has 0 spiro atoms. The van der Waals surface area contributed by atoms with Crippen LogP contribution in [0.25, 0.3) is 16.9 Å². The molecule has 0 saturated carbocycles. The fourth-order valence-corrected chi connectivity index (χ4v) is 4.98. The first-order valence-corrected chi connectivity index (χ1v) is 12.1. The van der Waals surface area contributed by atoms with Gasteiger partial charge in [0.1, 0.15) is 5.82 Å². The molecule has 0 radical (unpaired) electrons. The van der Waals surface area contributed by atoms with Gasteiger partial charge in [0.25, 0.3) is 5.91 Å². The maximum atomic E-state index is 14.2. The van der Waals surface area contributed by atoms with Crippen molar-refractivity contribution < 1.29 is 19.0 Å². The molecule has 6 rings (SSSR count). The molecule has 3 aromatic heterocycles. The molecule has 1 saturated heterocycles. The first kappa shape index (κ1) is 23.6. The van der Waals surface area contributed by atoms with Gasteiger partial charge in [-0.3, -0.25) is 19.1 Å². The van der Waals surface area contributed by atoms with Crippen LogP contribution in [0.15, 0.2) is 36.9 Å². The Labute approximate surface area is 216 Å². The lowest BCUT2D eigenvalue weighted by molar-refractivity contribution is -0.125. The van der Waals surface area contributed by atoms with Crippen LogP contribution in [0.1, 0.15) is 25.2 Å². The molecule has 190 valence electrons. The summed E-state index contributed by atoms with van der Waals surface area (Å²) in [5, 5.41) is 10.1. The van der Waals surface area contributed by atoms with Crippen molar-refractivity contribution in [3.8, 4) is 17.0 Å². The average molecular weight is 524 g/mol. The van der Waals surface area contributed by atoms with Crippen LogP contribution in [0.2, 0.25) is 5.02 Å². The standard InChI is InChI=1S/C25H23ClFN7O3/c1-13-20(10-34-19-5-16(27)4-17(26)22(19)37-14(2)23(34)35)33-9-18(28-8-21(33)31-13)15-6-29-24(30-7-15)32-11-25(3,36)12-32/h4-9,14,36H,10-12H2,1-3H3/t14-/m1/s1. The molecule has 0 aliphatic carbocycles. The molecule has 10 nitrogen and oxygen atoms in total. The van der Waals surface area contributed by atoms with E-state index in [9.17, 15) is 14.3 Å². The minimum Gasteiger partial charge on any atom is -0.477 e. The summed E-state index contributed by atoms with van der Waals surface area (Å²) >= 11 is 6.22. The smallest absolute Gasteiger partial charge is 0.268 e. The number of amides is 1. The molecule has 0 unspecified atom stereocenters. The van der Waals surface area contributed by atoms with Gasteiger partial charge in [-0.25, -0.2) is 19.3 Å². The van der Waals surface area contributed by atoms with Crippen molar-refractivity contribution in [2.45, 2.75) is 39.0 Å². The first-order chi connectivity index (χ1) is 17.6. The van der Waals surface area contributed by atoms with E-state index in [-0.39, 0.29) is 28.9 Å². The van der Waals surface area contributed by atoms with Gasteiger partial charge >= 0.3 is 0 Å². The van der Waals surface area contributed by atoms with Crippen LogP contribution >= 0.6 is 11.6 Å². The molecular weight excluding hydrogens is 501 g/mol. The van der Waals surface area contributed by atoms with E-state index in [0.717, 1.165) is 11.8 Å². The summed E-state index contributed by atoms with van der Waals surface area (Å²) in [6, 6.07) is 2.41. The van der Waals surface area contributed by atoms with Crippen LogP contribution in [0.3, 0.4) is 0 Å². The van der Waals surface area contributed by atoms with E-state index in [0.29, 0.717) is 41.6 Å². The zero-order valence-corrected chi connectivity index (χ0v) is 21.1. The Morgan fingerprint density at radius 2 is 1.95 bits per heavy atom. The highest BCUT2D eigenvalue weighted by Crippen LogP contribution is 2.41. The molecule has 1 fully saturated rings. The minimum atomic E-state index is -0.780. The number of imidazole rings is 1. The fourth-order valence-electron chi connectivity index (χ4n) is 4.74. The lowest BCUT2D eigenvalue weighted by atomic mass is 9.98. The number of halogens is 2. The molecule has 2 aliphatic heterocycles. The number of β-amino-alcohol motifs (C(OH)–C–C–N with tert-alkyl or cyclic N) is 1. The third-order valence-corrected chi connectivity index (χ3v) is 6.86. The number of benzene rings is 1. The van der Waals surface area contributed by atoms with Gasteiger partial charge in [-0.05, 0) is 26.8 Å². The first-order valence-electron chi connectivity index (χ1n) is 11.7.